The maximum absolute atomic E-state index is 12.7. The number of rotatable bonds is 4. The van der Waals surface area contributed by atoms with Crippen LogP contribution in [-0.2, 0) is 4.79 Å². The maximum Gasteiger partial charge on any atom is 0.236 e. The zero-order valence-electron chi connectivity index (χ0n) is 14.4. The quantitative estimate of drug-likeness (QED) is 0.856. The van der Waals surface area contributed by atoms with Crippen molar-refractivity contribution in [1.82, 2.24) is 19.8 Å². The molecule has 0 spiro atoms. The van der Waals surface area contributed by atoms with Crippen LogP contribution in [0.15, 0.2) is 12.3 Å². The Morgan fingerprint density at radius 2 is 2.09 bits per heavy atom. The van der Waals surface area contributed by atoms with E-state index in [-0.39, 0.29) is 5.91 Å². The molecule has 0 aromatic carbocycles. The Balaban J connectivity index is 1.58. The summed E-state index contributed by atoms with van der Waals surface area (Å²) < 4.78 is 0. The maximum atomic E-state index is 12.7. The van der Waals surface area contributed by atoms with Gasteiger partial charge in [-0.2, -0.15) is 0 Å². The lowest BCUT2D eigenvalue weighted by Crippen LogP contribution is -2.45. The summed E-state index contributed by atoms with van der Waals surface area (Å²) in [5.74, 6) is 1.44. The first-order valence-corrected chi connectivity index (χ1v) is 8.91. The summed E-state index contributed by atoms with van der Waals surface area (Å²) in [5.41, 5.74) is 1.08. The van der Waals surface area contributed by atoms with Gasteiger partial charge in [-0.1, -0.05) is 12.8 Å². The monoisotopic (exact) mass is 316 g/mol. The van der Waals surface area contributed by atoms with Crippen LogP contribution in [0.5, 0.6) is 0 Å². The van der Waals surface area contributed by atoms with Crippen molar-refractivity contribution in [2.45, 2.75) is 57.4 Å². The third-order valence-electron chi connectivity index (χ3n) is 5.32. The van der Waals surface area contributed by atoms with E-state index in [1.165, 1.54) is 25.7 Å². The molecule has 2 heterocycles. The fourth-order valence-electron chi connectivity index (χ4n) is 3.93. The Labute approximate surface area is 139 Å². The van der Waals surface area contributed by atoms with Crippen LogP contribution in [0.2, 0.25) is 0 Å². The summed E-state index contributed by atoms with van der Waals surface area (Å²) in [6, 6.07) is 2.60. The molecule has 1 aliphatic carbocycles. The average Bonchev–Trinajstić information content (AvgIpc) is 3.09. The van der Waals surface area contributed by atoms with Crippen molar-refractivity contribution < 1.29 is 4.79 Å². The highest BCUT2D eigenvalue weighted by molar-refractivity contribution is 5.78. The second-order valence-electron chi connectivity index (χ2n) is 7.06. The second kappa shape index (κ2) is 7.39. The average molecular weight is 316 g/mol. The summed E-state index contributed by atoms with van der Waals surface area (Å²) in [7, 11) is 2.10. The Morgan fingerprint density at radius 3 is 2.83 bits per heavy atom. The van der Waals surface area contributed by atoms with E-state index in [2.05, 4.69) is 21.9 Å². The molecule has 5 nitrogen and oxygen atoms in total. The molecule has 2 fully saturated rings. The number of hydrogen-bond donors (Lipinski definition) is 0. The summed E-state index contributed by atoms with van der Waals surface area (Å²) in [4.78, 5) is 25.7. The highest BCUT2D eigenvalue weighted by Gasteiger charge is 2.28. The molecule has 3 rings (SSSR count). The molecule has 23 heavy (non-hydrogen) atoms. The minimum absolute atomic E-state index is 0.273. The molecule has 1 aromatic heterocycles. The van der Waals surface area contributed by atoms with Gasteiger partial charge in [-0.25, -0.2) is 9.97 Å². The molecular formula is C18H28N4O. The van der Waals surface area contributed by atoms with Crippen LogP contribution in [0.25, 0.3) is 0 Å². The van der Waals surface area contributed by atoms with Gasteiger partial charge in [0.2, 0.25) is 5.91 Å². The summed E-state index contributed by atoms with van der Waals surface area (Å²) in [6.07, 6.45) is 9.10. The minimum Gasteiger partial charge on any atom is -0.341 e. The van der Waals surface area contributed by atoms with Gasteiger partial charge >= 0.3 is 0 Å². The van der Waals surface area contributed by atoms with Gasteiger partial charge in [0.05, 0.1) is 6.54 Å². The van der Waals surface area contributed by atoms with Gasteiger partial charge in [-0.05, 0) is 45.7 Å². The van der Waals surface area contributed by atoms with Crippen LogP contribution in [-0.4, -0.2) is 58.4 Å². The van der Waals surface area contributed by atoms with Crippen molar-refractivity contribution in [2.75, 3.05) is 26.7 Å². The van der Waals surface area contributed by atoms with Crippen molar-refractivity contribution >= 4 is 5.91 Å². The van der Waals surface area contributed by atoms with Crippen LogP contribution in [0.4, 0.5) is 0 Å². The SMILES string of the molecule is Cc1nccc([C@@H]2CCCN(C(=O)CN(C)C3CCCC3)C2)n1. The van der Waals surface area contributed by atoms with Gasteiger partial charge in [0, 0.05) is 36.9 Å². The number of nitrogens with zero attached hydrogens (tertiary/aromatic N) is 4. The molecule has 1 saturated carbocycles. The first-order valence-electron chi connectivity index (χ1n) is 8.91. The van der Waals surface area contributed by atoms with E-state index in [4.69, 9.17) is 0 Å². The van der Waals surface area contributed by atoms with Gasteiger partial charge < -0.3 is 4.90 Å². The van der Waals surface area contributed by atoms with E-state index in [1.807, 2.05) is 24.1 Å². The van der Waals surface area contributed by atoms with Crippen LogP contribution in [0.3, 0.4) is 0 Å². The van der Waals surface area contributed by atoms with Crippen molar-refractivity contribution in [3.05, 3.63) is 23.8 Å². The van der Waals surface area contributed by atoms with E-state index in [0.717, 1.165) is 37.4 Å². The molecule has 1 amide bonds. The lowest BCUT2D eigenvalue weighted by Gasteiger charge is -2.34. The first kappa shape index (κ1) is 16.4. The predicted octanol–water partition coefficient (Wildman–Crippen LogP) is 2.37. The lowest BCUT2D eigenvalue weighted by atomic mass is 9.94. The standard InChI is InChI=1S/C18H28N4O/c1-14-19-10-9-17(20-14)15-6-5-11-22(12-15)18(23)13-21(2)16-7-3-4-8-16/h9-10,15-16H,3-8,11-13H2,1-2H3/t15-/m1/s1. The van der Waals surface area contributed by atoms with Gasteiger partial charge in [0.25, 0.3) is 0 Å². The highest BCUT2D eigenvalue weighted by Crippen LogP contribution is 2.26. The largest absolute Gasteiger partial charge is 0.341 e. The molecule has 5 heteroatoms. The number of likely N-dealkylation sites (tertiary alicyclic amines) is 1. The van der Waals surface area contributed by atoms with Gasteiger partial charge in [0.1, 0.15) is 5.82 Å². The van der Waals surface area contributed by atoms with Gasteiger partial charge in [-0.15, -0.1) is 0 Å². The lowest BCUT2D eigenvalue weighted by molar-refractivity contribution is -0.133. The number of piperidine rings is 1. The number of carbonyl (C=O) groups is 1. The van der Waals surface area contributed by atoms with E-state index >= 15 is 0 Å². The Bertz CT molecular complexity index is 542. The molecule has 1 aliphatic heterocycles. The Morgan fingerprint density at radius 1 is 1.30 bits per heavy atom. The Hall–Kier alpha value is -1.49. The minimum atomic E-state index is 0.273. The van der Waals surface area contributed by atoms with E-state index in [0.29, 0.717) is 18.5 Å². The molecule has 0 N–H and O–H groups in total. The highest BCUT2D eigenvalue weighted by atomic mass is 16.2. The third kappa shape index (κ3) is 4.08. The number of carbonyl (C=O) groups excluding carboxylic acids is 1. The fraction of sp³-hybridized carbons (Fsp3) is 0.722. The summed E-state index contributed by atoms with van der Waals surface area (Å²) in [5, 5.41) is 0. The molecule has 1 aromatic rings. The normalized spacial score (nSPS) is 22.7. The number of aromatic nitrogens is 2. The summed E-state index contributed by atoms with van der Waals surface area (Å²) in [6.45, 7) is 4.16. The topological polar surface area (TPSA) is 49.3 Å². The van der Waals surface area contributed by atoms with Crippen LogP contribution in [0, 0.1) is 6.92 Å². The molecule has 0 bridgehead atoms. The number of aryl methyl sites for hydroxylation is 1. The molecule has 0 unspecified atom stereocenters. The molecule has 0 radical (unpaired) electrons. The molecular weight excluding hydrogens is 288 g/mol. The van der Waals surface area contributed by atoms with Gasteiger partial charge in [0.15, 0.2) is 0 Å². The zero-order chi connectivity index (χ0) is 16.2. The van der Waals surface area contributed by atoms with Crippen molar-refractivity contribution in [3.63, 3.8) is 0 Å². The van der Waals surface area contributed by atoms with Crippen LogP contribution >= 0.6 is 0 Å². The Kier molecular flexibility index (Phi) is 5.26. The predicted molar refractivity (Wildman–Crippen MR) is 90.2 cm³/mol. The van der Waals surface area contributed by atoms with Crippen LogP contribution < -0.4 is 0 Å². The third-order valence-corrected chi connectivity index (χ3v) is 5.32. The fourth-order valence-corrected chi connectivity index (χ4v) is 3.93. The molecule has 126 valence electrons. The van der Waals surface area contributed by atoms with E-state index in [1.54, 1.807) is 0 Å². The van der Waals surface area contributed by atoms with Crippen molar-refractivity contribution in [3.8, 4) is 0 Å². The number of hydrogen-bond acceptors (Lipinski definition) is 4. The van der Waals surface area contributed by atoms with E-state index in [9.17, 15) is 4.79 Å². The smallest absolute Gasteiger partial charge is 0.236 e. The molecule has 2 aliphatic rings. The zero-order valence-corrected chi connectivity index (χ0v) is 14.4. The number of likely N-dealkylation sites (N-methyl/N-ethyl adjacent to an activating group) is 1. The number of amides is 1. The second-order valence-corrected chi connectivity index (χ2v) is 7.06. The molecule has 1 saturated heterocycles. The van der Waals surface area contributed by atoms with Gasteiger partial charge in [-0.3, -0.25) is 9.69 Å². The van der Waals surface area contributed by atoms with Crippen molar-refractivity contribution in [2.24, 2.45) is 0 Å². The van der Waals surface area contributed by atoms with Crippen LogP contribution in [0.1, 0.15) is 56.0 Å². The van der Waals surface area contributed by atoms with E-state index < -0.39 is 0 Å². The molecule has 1 atom stereocenters. The summed E-state index contributed by atoms with van der Waals surface area (Å²) >= 11 is 0. The van der Waals surface area contributed by atoms with Crippen molar-refractivity contribution in [1.29, 1.82) is 0 Å². The first-order chi connectivity index (χ1) is 11.1.